The summed E-state index contributed by atoms with van der Waals surface area (Å²) in [6.07, 6.45) is -1.30. The van der Waals surface area contributed by atoms with E-state index < -0.39 is 18.2 Å². The van der Waals surface area contributed by atoms with E-state index in [4.69, 9.17) is 11.6 Å². The number of rotatable bonds is 5. The molecule has 1 aliphatic heterocycles. The minimum absolute atomic E-state index is 0.214. The van der Waals surface area contributed by atoms with Crippen molar-refractivity contribution in [3.63, 3.8) is 0 Å². The van der Waals surface area contributed by atoms with Gasteiger partial charge in [-0.15, -0.1) is 0 Å². The van der Waals surface area contributed by atoms with Crippen LogP contribution in [0.3, 0.4) is 0 Å². The molecule has 1 saturated heterocycles. The molecule has 0 aromatic heterocycles. The van der Waals surface area contributed by atoms with Crippen LogP contribution in [0.15, 0.2) is 54.6 Å². The Hall–Kier alpha value is -1.43. The zero-order chi connectivity index (χ0) is 17.1. The third-order valence-corrected chi connectivity index (χ3v) is 5.14. The number of hydrogen-bond acceptors (Lipinski definition) is 4. The molecule has 3 N–H and O–H groups in total. The molecule has 0 bridgehead atoms. The highest BCUT2D eigenvalue weighted by atomic mass is 35.5. The van der Waals surface area contributed by atoms with Gasteiger partial charge in [0.25, 0.3) is 0 Å². The van der Waals surface area contributed by atoms with Gasteiger partial charge in [0.05, 0.1) is 24.9 Å². The fourth-order valence-electron chi connectivity index (χ4n) is 3.46. The monoisotopic (exact) mass is 347 g/mol. The Labute approximate surface area is 146 Å². The molecular weight excluding hydrogens is 326 g/mol. The van der Waals surface area contributed by atoms with Gasteiger partial charge < -0.3 is 15.3 Å². The number of benzene rings is 2. The van der Waals surface area contributed by atoms with E-state index in [9.17, 15) is 15.3 Å². The molecule has 1 heterocycles. The first kappa shape index (κ1) is 17.4. The Morgan fingerprint density at radius 1 is 0.875 bits per heavy atom. The maximum atomic E-state index is 10.5. The van der Waals surface area contributed by atoms with E-state index in [2.05, 4.69) is 0 Å². The molecule has 5 heteroatoms. The lowest BCUT2D eigenvalue weighted by Crippen LogP contribution is -2.41. The molecular formula is C19H22ClNO3. The number of nitrogens with zero attached hydrogens (tertiary/aromatic N) is 1. The van der Waals surface area contributed by atoms with Crippen molar-refractivity contribution < 1.29 is 15.3 Å². The molecule has 2 aromatic rings. The molecule has 0 spiro atoms. The normalized spacial score (nSPS) is 27.5. The summed E-state index contributed by atoms with van der Waals surface area (Å²) < 4.78 is 0. The summed E-state index contributed by atoms with van der Waals surface area (Å²) in [5.41, 5.74) is 1.99. The van der Waals surface area contributed by atoms with Crippen LogP contribution in [0.2, 0.25) is 5.02 Å². The Balaban J connectivity index is 1.87. The predicted octanol–water partition coefficient (Wildman–Crippen LogP) is 1.85. The predicted molar refractivity (Wildman–Crippen MR) is 93.8 cm³/mol. The van der Waals surface area contributed by atoms with Crippen LogP contribution in [0.1, 0.15) is 11.1 Å². The molecule has 0 radical (unpaired) electrons. The van der Waals surface area contributed by atoms with E-state index in [1.54, 1.807) is 0 Å². The quantitative estimate of drug-likeness (QED) is 0.772. The second-order valence-electron chi connectivity index (χ2n) is 6.25. The molecule has 4 atom stereocenters. The minimum Gasteiger partial charge on any atom is -0.395 e. The molecule has 0 amide bonds. The lowest BCUT2D eigenvalue weighted by molar-refractivity contribution is 0.0178. The van der Waals surface area contributed by atoms with E-state index in [1.165, 1.54) is 0 Å². The maximum absolute atomic E-state index is 10.5. The second kappa shape index (κ2) is 7.64. The zero-order valence-electron chi connectivity index (χ0n) is 13.3. The van der Waals surface area contributed by atoms with Crippen molar-refractivity contribution in [3.8, 4) is 0 Å². The standard InChI is InChI=1S/C19H22ClNO3/c20-15-9-5-4-8-14(15)11-21-16(10-13-6-2-1-3-7-13)18(23)19(24)17(21)12-22/h1-9,16-19,22-24H,10-12H2/t16-,17+,18-,19+/m0/s1. The van der Waals surface area contributed by atoms with Gasteiger partial charge in [-0.1, -0.05) is 60.1 Å². The van der Waals surface area contributed by atoms with Gasteiger partial charge in [-0.3, -0.25) is 4.90 Å². The number of hydrogen-bond donors (Lipinski definition) is 3. The van der Waals surface area contributed by atoms with E-state index in [0.29, 0.717) is 18.0 Å². The van der Waals surface area contributed by atoms with Crippen molar-refractivity contribution in [2.24, 2.45) is 0 Å². The first-order valence-corrected chi connectivity index (χ1v) is 8.49. The van der Waals surface area contributed by atoms with Crippen molar-refractivity contribution in [3.05, 3.63) is 70.7 Å². The van der Waals surface area contributed by atoms with Gasteiger partial charge in [-0.25, -0.2) is 0 Å². The molecule has 24 heavy (non-hydrogen) atoms. The van der Waals surface area contributed by atoms with Gasteiger partial charge in [-0.2, -0.15) is 0 Å². The summed E-state index contributed by atoms with van der Waals surface area (Å²) >= 11 is 6.26. The summed E-state index contributed by atoms with van der Waals surface area (Å²) in [6, 6.07) is 16.6. The molecule has 0 saturated carbocycles. The van der Waals surface area contributed by atoms with E-state index >= 15 is 0 Å². The number of aliphatic hydroxyl groups is 3. The summed E-state index contributed by atoms with van der Waals surface area (Å²) in [5.74, 6) is 0. The SMILES string of the molecule is OC[C@@H]1[C@@H](O)[C@@H](O)[C@H](Cc2ccccc2)N1Cc1ccccc1Cl. The van der Waals surface area contributed by atoms with Gasteiger partial charge >= 0.3 is 0 Å². The number of aliphatic hydroxyl groups excluding tert-OH is 3. The van der Waals surface area contributed by atoms with Crippen molar-refractivity contribution >= 4 is 11.6 Å². The minimum atomic E-state index is -0.980. The van der Waals surface area contributed by atoms with Crippen LogP contribution in [-0.2, 0) is 13.0 Å². The summed E-state index contributed by atoms with van der Waals surface area (Å²) in [6.45, 7) is 0.254. The summed E-state index contributed by atoms with van der Waals surface area (Å²) in [4.78, 5) is 1.96. The Kier molecular flexibility index (Phi) is 5.54. The van der Waals surface area contributed by atoms with Gasteiger partial charge in [0.15, 0.2) is 0 Å². The van der Waals surface area contributed by atoms with Crippen LogP contribution in [-0.4, -0.2) is 51.1 Å². The van der Waals surface area contributed by atoms with E-state index in [-0.39, 0.29) is 12.6 Å². The lowest BCUT2D eigenvalue weighted by Gasteiger charge is -2.30. The lowest BCUT2D eigenvalue weighted by atomic mass is 10.0. The topological polar surface area (TPSA) is 63.9 Å². The first-order chi connectivity index (χ1) is 11.6. The van der Waals surface area contributed by atoms with Gasteiger partial charge in [-0.05, 0) is 23.6 Å². The molecule has 4 nitrogen and oxygen atoms in total. The van der Waals surface area contributed by atoms with Gasteiger partial charge in [0.2, 0.25) is 0 Å². The van der Waals surface area contributed by atoms with Crippen molar-refractivity contribution in [1.29, 1.82) is 0 Å². The van der Waals surface area contributed by atoms with E-state index in [1.807, 2.05) is 59.5 Å². The smallest absolute Gasteiger partial charge is 0.0991 e. The second-order valence-corrected chi connectivity index (χ2v) is 6.66. The van der Waals surface area contributed by atoms with Crippen molar-refractivity contribution in [2.45, 2.75) is 37.3 Å². The van der Waals surface area contributed by atoms with Crippen LogP contribution >= 0.6 is 11.6 Å². The van der Waals surface area contributed by atoms with Gasteiger partial charge in [0.1, 0.15) is 0 Å². The van der Waals surface area contributed by atoms with Crippen LogP contribution < -0.4 is 0 Å². The van der Waals surface area contributed by atoms with E-state index in [0.717, 1.165) is 11.1 Å². The van der Waals surface area contributed by atoms with Crippen LogP contribution in [0.4, 0.5) is 0 Å². The number of likely N-dealkylation sites (tertiary alicyclic amines) is 1. The van der Waals surface area contributed by atoms with Crippen LogP contribution in [0.5, 0.6) is 0 Å². The Morgan fingerprint density at radius 2 is 1.50 bits per heavy atom. The fraction of sp³-hybridized carbons (Fsp3) is 0.368. The fourth-order valence-corrected chi connectivity index (χ4v) is 3.65. The highest BCUT2D eigenvalue weighted by molar-refractivity contribution is 6.31. The summed E-state index contributed by atoms with van der Waals surface area (Å²) in [5, 5.41) is 31.2. The average Bonchev–Trinajstić information content (AvgIpc) is 2.82. The average molecular weight is 348 g/mol. The van der Waals surface area contributed by atoms with Crippen molar-refractivity contribution in [2.75, 3.05) is 6.61 Å². The molecule has 1 fully saturated rings. The highest BCUT2D eigenvalue weighted by Crippen LogP contribution is 2.31. The number of halogens is 1. The molecule has 0 aliphatic carbocycles. The first-order valence-electron chi connectivity index (χ1n) is 8.12. The largest absolute Gasteiger partial charge is 0.395 e. The molecule has 0 unspecified atom stereocenters. The Bertz CT molecular complexity index is 667. The third kappa shape index (κ3) is 3.48. The van der Waals surface area contributed by atoms with Crippen LogP contribution in [0.25, 0.3) is 0 Å². The van der Waals surface area contributed by atoms with Crippen molar-refractivity contribution in [1.82, 2.24) is 4.90 Å². The third-order valence-electron chi connectivity index (χ3n) is 4.78. The van der Waals surface area contributed by atoms with Crippen LogP contribution in [0, 0.1) is 0 Å². The molecule has 1 aliphatic rings. The maximum Gasteiger partial charge on any atom is 0.0991 e. The summed E-state index contributed by atoms with van der Waals surface area (Å²) in [7, 11) is 0. The zero-order valence-corrected chi connectivity index (χ0v) is 14.0. The molecule has 128 valence electrons. The molecule has 2 aromatic carbocycles. The van der Waals surface area contributed by atoms with Gasteiger partial charge in [0, 0.05) is 17.6 Å². The Morgan fingerprint density at radius 3 is 2.17 bits per heavy atom. The highest BCUT2D eigenvalue weighted by Gasteiger charge is 2.46. The molecule has 3 rings (SSSR count).